The van der Waals surface area contributed by atoms with Gasteiger partial charge in [0, 0.05) is 11.8 Å². The third-order valence-electron chi connectivity index (χ3n) is 4.56. The molecule has 2 N–H and O–H groups in total. The number of hydrogen-bond donors (Lipinski definition) is 2. The first-order valence-corrected chi connectivity index (χ1v) is 8.62. The number of nitrogens with one attached hydrogen (secondary N) is 2. The number of aromatic amines is 2. The molecule has 28 heavy (non-hydrogen) atoms. The smallest absolute Gasteiger partial charge is 0.303 e. The van der Waals surface area contributed by atoms with Crippen LogP contribution in [0.5, 0.6) is 0 Å². The zero-order valence-corrected chi connectivity index (χ0v) is 14.8. The summed E-state index contributed by atoms with van der Waals surface area (Å²) in [6, 6.07) is 10.2. The lowest BCUT2D eigenvalue weighted by Crippen LogP contribution is -2.05. The molecule has 0 atom stereocenters. The molecule has 1 aromatic carbocycles. The van der Waals surface area contributed by atoms with Gasteiger partial charge in [-0.2, -0.15) is 5.10 Å². The molecule has 0 spiro atoms. The highest BCUT2D eigenvalue weighted by molar-refractivity contribution is 5.90. The van der Waals surface area contributed by atoms with Crippen molar-refractivity contribution in [3.05, 3.63) is 70.2 Å². The van der Waals surface area contributed by atoms with Crippen LogP contribution in [0.4, 0.5) is 4.39 Å². The summed E-state index contributed by atoms with van der Waals surface area (Å²) in [7, 11) is 0. The number of imidazole rings is 1. The Labute approximate surface area is 157 Å². The van der Waals surface area contributed by atoms with Gasteiger partial charge in [0.2, 0.25) is 0 Å². The first kappa shape index (κ1) is 16.3. The van der Waals surface area contributed by atoms with Crippen LogP contribution in [0.15, 0.2) is 47.4 Å². The number of nitrogens with zero attached hydrogens (tertiary/aromatic N) is 5. The summed E-state index contributed by atoms with van der Waals surface area (Å²) in [5, 5.41) is 5.36. The summed E-state index contributed by atoms with van der Waals surface area (Å²) >= 11 is 0. The number of fused-ring (bicyclic) bond motifs is 2. The fraction of sp³-hybridized carbons (Fsp3) is 0.105. The van der Waals surface area contributed by atoms with Crippen LogP contribution < -0.4 is 5.69 Å². The SMILES string of the molecule is Cc1nc(-c2nn(Cc3ccccc3F)c3ncccc23)nc2[nH]c(=O)[nH]c12. The number of benzene rings is 1. The number of halogens is 1. The van der Waals surface area contributed by atoms with E-state index < -0.39 is 0 Å². The van der Waals surface area contributed by atoms with Crippen molar-refractivity contribution in [1.29, 1.82) is 0 Å². The number of rotatable bonds is 3. The van der Waals surface area contributed by atoms with Crippen molar-refractivity contribution in [2.24, 2.45) is 0 Å². The van der Waals surface area contributed by atoms with E-state index >= 15 is 0 Å². The molecule has 5 aromatic rings. The highest BCUT2D eigenvalue weighted by Crippen LogP contribution is 2.26. The molecule has 0 saturated carbocycles. The molecule has 0 aliphatic heterocycles. The monoisotopic (exact) mass is 375 g/mol. The maximum atomic E-state index is 14.1. The molecule has 0 radical (unpaired) electrons. The van der Waals surface area contributed by atoms with E-state index in [0.717, 1.165) is 5.39 Å². The number of H-pyrrole nitrogens is 2. The van der Waals surface area contributed by atoms with Crippen LogP contribution >= 0.6 is 0 Å². The summed E-state index contributed by atoms with van der Waals surface area (Å²) in [6.07, 6.45) is 1.66. The fourth-order valence-corrected chi connectivity index (χ4v) is 3.24. The quantitative estimate of drug-likeness (QED) is 0.504. The third kappa shape index (κ3) is 2.56. The molecule has 0 unspecified atom stereocenters. The Kier molecular flexibility index (Phi) is 3.54. The van der Waals surface area contributed by atoms with Gasteiger partial charge >= 0.3 is 5.69 Å². The maximum absolute atomic E-state index is 14.1. The lowest BCUT2D eigenvalue weighted by molar-refractivity contribution is 0.589. The predicted molar refractivity (Wildman–Crippen MR) is 101 cm³/mol. The average Bonchev–Trinajstić information content (AvgIpc) is 3.24. The van der Waals surface area contributed by atoms with Crippen molar-refractivity contribution in [1.82, 2.24) is 34.7 Å². The largest absolute Gasteiger partial charge is 0.325 e. The predicted octanol–water partition coefficient (Wildman–Crippen LogP) is 2.55. The van der Waals surface area contributed by atoms with Gasteiger partial charge in [0.05, 0.1) is 17.6 Å². The molecule has 0 fully saturated rings. The van der Waals surface area contributed by atoms with E-state index in [-0.39, 0.29) is 18.1 Å². The zero-order chi connectivity index (χ0) is 19.3. The van der Waals surface area contributed by atoms with Gasteiger partial charge in [0.15, 0.2) is 17.1 Å². The first-order valence-electron chi connectivity index (χ1n) is 8.62. The summed E-state index contributed by atoms with van der Waals surface area (Å²) < 4.78 is 15.7. The Hall–Kier alpha value is -3.88. The molecule has 0 aliphatic carbocycles. The molecule has 8 nitrogen and oxygen atoms in total. The number of aromatic nitrogens is 7. The second-order valence-electron chi connectivity index (χ2n) is 6.41. The first-order chi connectivity index (χ1) is 13.6. The molecule has 4 aromatic heterocycles. The summed E-state index contributed by atoms with van der Waals surface area (Å²) in [5.74, 6) is 0.0626. The summed E-state index contributed by atoms with van der Waals surface area (Å²) in [6.45, 7) is 2.01. The van der Waals surface area contributed by atoms with Crippen LogP contribution in [0.1, 0.15) is 11.3 Å². The van der Waals surface area contributed by atoms with E-state index in [2.05, 4.69) is 30.0 Å². The van der Waals surface area contributed by atoms with Crippen LogP contribution in [-0.2, 0) is 6.54 Å². The fourth-order valence-electron chi connectivity index (χ4n) is 3.24. The van der Waals surface area contributed by atoms with Gasteiger partial charge in [-0.1, -0.05) is 18.2 Å². The van der Waals surface area contributed by atoms with E-state index in [1.807, 2.05) is 6.07 Å². The minimum absolute atomic E-state index is 0.225. The molecule has 0 aliphatic rings. The van der Waals surface area contributed by atoms with E-state index in [0.29, 0.717) is 39.6 Å². The molecule has 0 bridgehead atoms. The Morgan fingerprint density at radius 2 is 1.96 bits per heavy atom. The molecular formula is C19H14FN7O. The minimum Gasteiger partial charge on any atom is -0.303 e. The molecule has 5 rings (SSSR count). The van der Waals surface area contributed by atoms with Crippen LogP contribution in [-0.4, -0.2) is 34.7 Å². The molecule has 9 heteroatoms. The van der Waals surface area contributed by atoms with Crippen molar-refractivity contribution < 1.29 is 4.39 Å². The molecule has 138 valence electrons. The molecular weight excluding hydrogens is 361 g/mol. The topological polar surface area (TPSA) is 105 Å². The highest BCUT2D eigenvalue weighted by Gasteiger charge is 2.18. The van der Waals surface area contributed by atoms with Crippen molar-refractivity contribution in [3.8, 4) is 11.5 Å². The van der Waals surface area contributed by atoms with Gasteiger partial charge in [0.25, 0.3) is 0 Å². The van der Waals surface area contributed by atoms with Gasteiger partial charge < -0.3 is 4.98 Å². The number of hydrogen-bond acceptors (Lipinski definition) is 5. The molecule has 0 saturated heterocycles. The zero-order valence-electron chi connectivity index (χ0n) is 14.8. The van der Waals surface area contributed by atoms with Gasteiger partial charge in [0.1, 0.15) is 17.0 Å². The van der Waals surface area contributed by atoms with Crippen LogP contribution in [0.3, 0.4) is 0 Å². The van der Waals surface area contributed by atoms with E-state index in [4.69, 9.17) is 0 Å². The minimum atomic E-state index is -0.346. The van der Waals surface area contributed by atoms with Gasteiger partial charge in [-0.15, -0.1) is 0 Å². The number of pyridine rings is 1. The maximum Gasteiger partial charge on any atom is 0.325 e. The van der Waals surface area contributed by atoms with Gasteiger partial charge in [-0.25, -0.2) is 28.8 Å². The van der Waals surface area contributed by atoms with Crippen molar-refractivity contribution in [3.63, 3.8) is 0 Å². The normalized spacial score (nSPS) is 11.5. The van der Waals surface area contributed by atoms with E-state index in [9.17, 15) is 9.18 Å². The van der Waals surface area contributed by atoms with Crippen molar-refractivity contribution >= 4 is 22.2 Å². The second kappa shape index (κ2) is 6.08. The third-order valence-corrected chi connectivity index (χ3v) is 4.56. The standard InChI is InChI=1S/C19H14FN7O/c1-10-14-16(25-19(28)23-14)24-17(22-10)15-12-6-4-8-21-18(12)27(26-15)9-11-5-2-3-7-13(11)20/h2-8H,9H2,1H3,(H2,22,23,24,25,28). The van der Waals surface area contributed by atoms with Crippen molar-refractivity contribution in [2.45, 2.75) is 13.5 Å². The Bertz CT molecular complexity index is 1400. The summed E-state index contributed by atoms with van der Waals surface area (Å²) in [5.41, 5.74) is 2.87. The Morgan fingerprint density at radius 3 is 2.82 bits per heavy atom. The van der Waals surface area contributed by atoms with Crippen LogP contribution in [0, 0.1) is 12.7 Å². The highest BCUT2D eigenvalue weighted by atomic mass is 19.1. The number of aryl methyl sites for hydroxylation is 1. The average molecular weight is 375 g/mol. The lowest BCUT2D eigenvalue weighted by Gasteiger charge is -2.04. The molecule has 4 heterocycles. The Balaban J connectivity index is 1.71. The van der Waals surface area contributed by atoms with Gasteiger partial charge in [-0.3, -0.25) is 4.98 Å². The van der Waals surface area contributed by atoms with Crippen molar-refractivity contribution in [2.75, 3.05) is 0 Å². The lowest BCUT2D eigenvalue weighted by atomic mass is 10.2. The Morgan fingerprint density at radius 1 is 1.11 bits per heavy atom. The van der Waals surface area contributed by atoms with Crippen LogP contribution in [0.25, 0.3) is 33.7 Å². The van der Waals surface area contributed by atoms with Crippen LogP contribution in [0.2, 0.25) is 0 Å². The van der Waals surface area contributed by atoms with E-state index in [1.165, 1.54) is 6.07 Å². The van der Waals surface area contributed by atoms with E-state index in [1.54, 1.807) is 42.1 Å². The summed E-state index contributed by atoms with van der Waals surface area (Å²) in [4.78, 5) is 30.3. The van der Waals surface area contributed by atoms with Gasteiger partial charge in [-0.05, 0) is 25.1 Å². The molecule has 0 amide bonds. The second-order valence-corrected chi connectivity index (χ2v) is 6.41.